The molecule has 1 aromatic carbocycles. The predicted molar refractivity (Wildman–Crippen MR) is 73.8 cm³/mol. The highest BCUT2D eigenvalue weighted by Gasteiger charge is 2.04. The van der Waals surface area contributed by atoms with E-state index in [1.54, 1.807) is 0 Å². The molecule has 0 fully saturated rings. The number of benzene rings is 1. The molecule has 0 heterocycles. The number of nitrogens with zero attached hydrogens (tertiary/aromatic N) is 1. The third-order valence-corrected chi connectivity index (χ3v) is 2.52. The normalized spacial score (nSPS) is 10.3. The Bertz CT molecular complexity index is 341. The van der Waals surface area contributed by atoms with E-state index in [1.165, 1.54) is 0 Å². The Morgan fingerprint density at radius 3 is 2.76 bits per heavy atom. The van der Waals surface area contributed by atoms with Crippen LogP contribution in [0, 0.1) is 0 Å². The van der Waals surface area contributed by atoms with Crippen LogP contribution in [0.5, 0.6) is 5.75 Å². The number of nitrogens with one attached hydrogen (secondary N) is 1. The minimum atomic E-state index is 0.725. The first-order chi connectivity index (χ1) is 8.17. The van der Waals surface area contributed by atoms with Crippen LogP contribution in [0.25, 0.3) is 0 Å². The van der Waals surface area contributed by atoms with Crippen molar-refractivity contribution in [3.63, 3.8) is 0 Å². The van der Waals surface area contributed by atoms with Gasteiger partial charge in [0.05, 0.1) is 6.61 Å². The van der Waals surface area contributed by atoms with E-state index >= 15 is 0 Å². The second-order valence-electron chi connectivity index (χ2n) is 4.13. The molecule has 96 valence electrons. The molecule has 0 saturated heterocycles. The lowest BCUT2D eigenvalue weighted by Gasteiger charge is -2.20. The molecule has 0 saturated carbocycles. The zero-order valence-electron chi connectivity index (χ0n) is 11.0. The number of anilines is 2. The maximum Gasteiger partial charge on any atom is 0.123 e. The van der Waals surface area contributed by atoms with Crippen LogP contribution >= 0.6 is 0 Å². The molecule has 0 bridgehead atoms. The zero-order chi connectivity index (χ0) is 12.7. The molecule has 0 unspecified atom stereocenters. The summed E-state index contributed by atoms with van der Waals surface area (Å²) in [6.45, 7) is 4.69. The van der Waals surface area contributed by atoms with Gasteiger partial charge in [-0.3, -0.25) is 0 Å². The Morgan fingerprint density at radius 2 is 2.12 bits per heavy atom. The fourth-order valence-corrected chi connectivity index (χ4v) is 1.54. The molecule has 4 heteroatoms. The van der Waals surface area contributed by atoms with Crippen LogP contribution in [0.2, 0.25) is 0 Å². The van der Waals surface area contributed by atoms with Crippen molar-refractivity contribution in [2.24, 2.45) is 0 Å². The first-order valence-electron chi connectivity index (χ1n) is 6.06. The fraction of sp³-hybridized carbons (Fsp3) is 0.538. The highest BCUT2D eigenvalue weighted by Crippen LogP contribution is 2.24. The summed E-state index contributed by atoms with van der Waals surface area (Å²) < 4.78 is 5.61. The molecule has 0 radical (unpaired) electrons. The van der Waals surface area contributed by atoms with Crippen molar-refractivity contribution in [2.75, 3.05) is 44.4 Å². The molecule has 0 aliphatic rings. The molecule has 4 nitrogen and oxygen atoms in total. The average molecular weight is 237 g/mol. The Morgan fingerprint density at radius 1 is 1.35 bits per heavy atom. The van der Waals surface area contributed by atoms with Crippen LogP contribution in [-0.4, -0.2) is 33.8 Å². The second-order valence-corrected chi connectivity index (χ2v) is 4.13. The highest BCUT2D eigenvalue weighted by molar-refractivity contribution is 5.60. The van der Waals surface area contributed by atoms with E-state index in [9.17, 15) is 0 Å². The van der Waals surface area contributed by atoms with E-state index in [1.807, 2.05) is 25.2 Å². The predicted octanol–water partition coefficient (Wildman–Crippen LogP) is 1.71. The van der Waals surface area contributed by atoms with Gasteiger partial charge in [-0.2, -0.15) is 0 Å². The highest BCUT2D eigenvalue weighted by atomic mass is 16.5. The van der Waals surface area contributed by atoms with Crippen LogP contribution in [-0.2, 0) is 0 Å². The van der Waals surface area contributed by atoms with E-state index in [-0.39, 0.29) is 0 Å². The molecular weight excluding hydrogens is 214 g/mol. The minimum absolute atomic E-state index is 0.725. The molecule has 1 rings (SSSR count). The number of hydrogen-bond donors (Lipinski definition) is 2. The van der Waals surface area contributed by atoms with Gasteiger partial charge >= 0.3 is 0 Å². The van der Waals surface area contributed by atoms with Gasteiger partial charge in [0, 0.05) is 43.6 Å². The molecule has 0 aromatic heterocycles. The summed E-state index contributed by atoms with van der Waals surface area (Å²) in [6.07, 6.45) is 1.000. The summed E-state index contributed by atoms with van der Waals surface area (Å²) in [5.74, 6) is 0.846. The van der Waals surface area contributed by atoms with Gasteiger partial charge in [-0.05, 0) is 19.5 Å². The van der Waals surface area contributed by atoms with Crippen molar-refractivity contribution in [1.82, 2.24) is 5.32 Å². The largest absolute Gasteiger partial charge is 0.493 e. The Kier molecular flexibility index (Phi) is 5.63. The maximum absolute atomic E-state index is 5.88. The van der Waals surface area contributed by atoms with Gasteiger partial charge in [-0.25, -0.2) is 0 Å². The van der Waals surface area contributed by atoms with Crippen LogP contribution in [0.1, 0.15) is 13.3 Å². The summed E-state index contributed by atoms with van der Waals surface area (Å²) >= 11 is 0. The SMILES string of the molecule is CCCOc1cc(N)cc(N(C)CCNC)c1. The molecule has 0 aliphatic carbocycles. The number of ether oxygens (including phenoxy) is 1. The van der Waals surface area contributed by atoms with Gasteiger partial charge < -0.3 is 20.7 Å². The Balaban J connectivity index is 2.73. The minimum Gasteiger partial charge on any atom is -0.493 e. The van der Waals surface area contributed by atoms with Crippen LogP contribution in [0.3, 0.4) is 0 Å². The lowest BCUT2D eigenvalue weighted by Crippen LogP contribution is -2.27. The molecular formula is C13H23N3O. The summed E-state index contributed by atoms with van der Waals surface area (Å²) in [4.78, 5) is 2.16. The summed E-state index contributed by atoms with van der Waals surface area (Å²) in [6, 6.07) is 5.86. The molecule has 3 N–H and O–H groups in total. The van der Waals surface area contributed by atoms with E-state index in [0.29, 0.717) is 0 Å². The van der Waals surface area contributed by atoms with Crippen molar-refractivity contribution < 1.29 is 4.74 Å². The van der Waals surface area contributed by atoms with Crippen molar-refractivity contribution in [2.45, 2.75) is 13.3 Å². The van der Waals surface area contributed by atoms with Gasteiger partial charge in [0.15, 0.2) is 0 Å². The Hall–Kier alpha value is -1.42. The summed E-state index contributed by atoms with van der Waals surface area (Å²) in [7, 11) is 4.00. The molecule has 0 atom stereocenters. The van der Waals surface area contributed by atoms with Gasteiger partial charge in [-0.15, -0.1) is 0 Å². The van der Waals surface area contributed by atoms with E-state index in [4.69, 9.17) is 10.5 Å². The zero-order valence-corrected chi connectivity index (χ0v) is 11.0. The van der Waals surface area contributed by atoms with Crippen molar-refractivity contribution >= 4 is 11.4 Å². The quantitative estimate of drug-likeness (QED) is 0.709. The molecule has 0 spiro atoms. The first kappa shape index (κ1) is 13.6. The summed E-state index contributed by atoms with van der Waals surface area (Å²) in [5, 5.41) is 3.13. The monoisotopic (exact) mass is 237 g/mol. The summed E-state index contributed by atoms with van der Waals surface area (Å²) in [5.41, 5.74) is 7.71. The number of hydrogen-bond acceptors (Lipinski definition) is 4. The lowest BCUT2D eigenvalue weighted by molar-refractivity contribution is 0.317. The van der Waals surface area contributed by atoms with Crippen LogP contribution in [0.4, 0.5) is 11.4 Å². The average Bonchev–Trinajstić information content (AvgIpc) is 2.32. The van der Waals surface area contributed by atoms with Gasteiger partial charge in [0.25, 0.3) is 0 Å². The van der Waals surface area contributed by atoms with Gasteiger partial charge in [0.2, 0.25) is 0 Å². The van der Waals surface area contributed by atoms with Crippen LogP contribution in [0.15, 0.2) is 18.2 Å². The molecule has 0 amide bonds. The molecule has 17 heavy (non-hydrogen) atoms. The Labute approximate surface area is 104 Å². The topological polar surface area (TPSA) is 50.5 Å². The van der Waals surface area contributed by atoms with Crippen molar-refractivity contribution in [3.8, 4) is 5.75 Å². The van der Waals surface area contributed by atoms with Crippen molar-refractivity contribution in [3.05, 3.63) is 18.2 Å². The smallest absolute Gasteiger partial charge is 0.123 e. The fourth-order valence-electron chi connectivity index (χ4n) is 1.54. The third-order valence-electron chi connectivity index (χ3n) is 2.52. The van der Waals surface area contributed by atoms with Gasteiger partial charge in [0.1, 0.15) is 5.75 Å². The lowest BCUT2D eigenvalue weighted by atomic mass is 10.2. The number of rotatable bonds is 7. The third kappa shape index (κ3) is 4.53. The standard InChI is InChI=1S/C13H23N3O/c1-4-7-17-13-9-11(14)8-12(10-13)16(3)6-5-15-2/h8-10,15H,4-7,14H2,1-3H3. The van der Waals surface area contributed by atoms with Crippen molar-refractivity contribution in [1.29, 1.82) is 0 Å². The number of likely N-dealkylation sites (N-methyl/N-ethyl adjacent to an activating group) is 2. The van der Waals surface area contributed by atoms with Gasteiger partial charge in [-0.1, -0.05) is 6.92 Å². The van der Waals surface area contributed by atoms with E-state index in [2.05, 4.69) is 24.2 Å². The number of nitrogens with two attached hydrogens (primary N) is 1. The number of nitrogen functional groups attached to an aromatic ring is 1. The van der Waals surface area contributed by atoms with E-state index < -0.39 is 0 Å². The van der Waals surface area contributed by atoms with E-state index in [0.717, 1.165) is 43.2 Å². The first-order valence-corrected chi connectivity index (χ1v) is 6.06. The van der Waals surface area contributed by atoms with Crippen LogP contribution < -0.4 is 20.7 Å². The maximum atomic E-state index is 5.88. The second kappa shape index (κ2) is 7.01. The molecule has 1 aromatic rings. The molecule has 0 aliphatic heterocycles.